The van der Waals surface area contributed by atoms with Crippen LogP contribution in [0.1, 0.15) is 37.3 Å². The van der Waals surface area contributed by atoms with Crippen LogP contribution in [-0.4, -0.2) is 50.7 Å². The lowest BCUT2D eigenvalue weighted by atomic mass is 10.1. The van der Waals surface area contributed by atoms with Crippen LogP contribution in [-0.2, 0) is 16.1 Å². The molecule has 7 nitrogen and oxygen atoms in total. The minimum absolute atomic E-state index is 0.0559. The number of aromatic nitrogens is 4. The highest BCUT2D eigenvalue weighted by Gasteiger charge is 2.26. The first-order valence-corrected chi connectivity index (χ1v) is 7.95. The van der Waals surface area contributed by atoms with Crippen molar-refractivity contribution in [2.75, 3.05) is 19.7 Å². The van der Waals surface area contributed by atoms with Crippen molar-refractivity contribution in [1.29, 1.82) is 0 Å². The maximum Gasteiger partial charge on any atom is 0.244 e. The van der Waals surface area contributed by atoms with Crippen molar-refractivity contribution in [2.45, 2.75) is 32.4 Å². The van der Waals surface area contributed by atoms with E-state index < -0.39 is 0 Å². The van der Waals surface area contributed by atoms with Crippen LogP contribution in [0.4, 0.5) is 4.39 Å². The number of nitrogens with zero attached hydrogens (tertiary/aromatic N) is 5. The van der Waals surface area contributed by atoms with Crippen molar-refractivity contribution >= 4 is 5.91 Å². The Kier molecular flexibility index (Phi) is 4.84. The Labute approximate surface area is 139 Å². The Hall–Kier alpha value is -2.35. The van der Waals surface area contributed by atoms with Gasteiger partial charge in [0, 0.05) is 12.5 Å². The zero-order valence-electron chi connectivity index (χ0n) is 13.7. The Morgan fingerprint density at radius 3 is 2.83 bits per heavy atom. The van der Waals surface area contributed by atoms with Crippen LogP contribution in [0.15, 0.2) is 24.3 Å². The molecule has 1 fully saturated rings. The van der Waals surface area contributed by atoms with Crippen LogP contribution in [0.2, 0.25) is 0 Å². The lowest BCUT2D eigenvalue weighted by molar-refractivity contribution is -0.140. The maximum atomic E-state index is 13.0. The quantitative estimate of drug-likeness (QED) is 0.848. The first-order valence-electron chi connectivity index (χ1n) is 7.95. The normalized spacial score (nSPS) is 18.2. The van der Waals surface area contributed by atoms with Gasteiger partial charge >= 0.3 is 0 Å². The van der Waals surface area contributed by atoms with Gasteiger partial charge in [0.05, 0.1) is 13.2 Å². The van der Waals surface area contributed by atoms with Gasteiger partial charge < -0.3 is 9.64 Å². The number of benzene rings is 1. The Bertz CT molecular complexity index is 701. The third-order valence-corrected chi connectivity index (χ3v) is 4.02. The van der Waals surface area contributed by atoms with Crippen LogP contribution in [0.3, 0.4) is 0 Å². The highest BCUT2D eigenvalue weighted by atomic mass is 19.1. The molecule has 0 saturated carbocycles. The predicted molar refractivity (Wildman–Crippen MR) is 83.6 cm³/mol. The lowest BCUT2D eigenvalue weighted by Crippen LogP contribution is -2.44. The molecule has 1 aromatic heterocycles. The molecule has 8 heteroatoms. The molecule has 0 bridgehead atoms. The third kappa shape index (κ3) is 3.59. The van der Waals surface area contributed by atoms with Gasteiger partial charge in [0.1, 0.15) is 18.5 Å². The molecular formula is C16H20FN5O2. The van der Waals surface area contributed by atoms with Crippen LogP contribution in [0, 0.1) is 5.82 Å². The van der Waals surface area contributed by atoms with Crippen molar-refractivity contribution in [1.82, 2.24) is 25.1 Å². The van der Waals surface area contributed by atoms with E-state index in [0.717, 1.165) is 5.56 Å². The van der Waals surface area contributed by atoms with E-state index in [1.54, 1.807) is 17.0 Å². The lowest BCUT2D eigenvalue weighted by Gasteiger charge is -2.33. The van der Waals surface area contributed by atoms with Gasteiger partial charge in [-0.05, 0) is 28.1 Å². The fourth-order valence-electron chi connectivity index (χ4n) is 2.72. The molecule has 1 aromatic carbocycles. The minimum atomic E-state index is -0.289. The molecule has 0 aliphatic carbocycles. The molecule has 128 valence electrons. The molecule has 0 N–H and O–H groups in total. The number of rotatable bonds is 4. The van der Waals surface area contributed by atoms with Gasteiger partial charge in [-0.15, -0.1) is 5.10 Å². The molecule has 1 atom stereocenters. The van der Waals surface area contributed by atoms with E-state index >= 15 is 0 Å². The summed E-state index contributed by atoms with van der Waals surface area (Å²) in [5.74, 6) is 0.484. The number of halogens is 1. The number of amides is 1. The summed E-state index contributed by atoms with van der Waals surface area (Å²) < 4.78 is 20.3. The summed E-state index contributed by atoms with van der Waals surface area (Å²) in [5.41, 5.74) is 0.860. The van der Waals surface area contributed by atoms with Crippen molar-refractivity contribution in [3.63, 3.8) is 0 Å². The van der Waals surface area contributed by atoms with Crippen molar-refractivity contribution in [3.8, 4) is 0 Å². The van der Waals surface area contributed by atoms with E-state index in [1.807, 2.05) is 13.8 Å². The Balaban J connectivity index is 1.66. The number of hydrogen-bond donors (Lipinski definition) is 0. The number of hydrogen-bond acceptors (Lipinski definition) is 5. The summed E-state index contributed by atoms with van der Waals surface area (Å²) in [4.78, 5) is 14.3. The number of morpholine rings is 1. The average Bonchev–Trinajstić information content (AvgIpc) is 3.04. The van der Waals surface area contributed by atoms with E-state index in [0.29, 0.717) is 25.5 Å². The predicted octanol–water partition coefficient (Wildman–Crippen LogP) is 1.54. The highest BCUT2D eigenvalue weighted by molar-refractivity contribution is 5.76. The summed E-state index contributed by atoms with van der Waals surface area (Å²) in [6.45, 7) is 5.47. The number of ether oxygens (including phenoxy) is 1. The topological polar surface area (TPSA) is 73.1 Å². The standard InChI is InChI=1S/C16H20FN5O2/c1-11(2)16-18-19-20-22(16)10-15(23)21-7-8-24-14(9-21)12-3-5-13(17)6-4-12/h3-6,11,14H,7-10H2,1-2H3. The van der Waals surface area contributed by atoms with Crippen molar-refractivity contribution in [2.24, 2.45) is 0 Å². The summed E-state index contributed by atoms with van der Waals surface area (Å²) in [6, 6.07) is 6.17. The second-order valence-corrected chi connectivity index (χ2v) is 6.10. The number of tetrazole rings is 1. The molecule has 2 aromatic rings. The summed E-state index contributed by atoms with van der Waals surface area (Å²) in [6.07, 6.45) is -0.248. The van der Waals surface area contributed by atoms with Gasteiger partial charge in [0.2, 0.25) is 5.91 Å². The van der Waals surface area contributed by atoms with Crippen molar-refractivity contribution in [3.05, 3.63) is 41.5 Å². The fraction of sp³-hybridized carbons (Fsp3) is 0.500. The number of carbonyl (C=O) groups excluding carboxylic acids is 1. The second-order valence-electron chi connectivity index (χ2n) is 6.10. The minimum Gasteiger partial charge on any atom is -0.370 e. The van der Waals surface area contributed by atoms with Gasteiger partial charge in [-0.1, -0.05) is 26.0 Å². The van der Waals surface area contributed by atoms with Gasteiger partial charge in [-0.25, -0.2) is 9.07 Å². The first-order chi connectivity index (χ1) is 11.5. The van der Waals surface area contributed by atoms with Crippen LogP contribution >= 0.6 is 0 Å². The smallest absolute Gasteiger partial charge is 0.244 e. The van der Waals surface area contributed by atoms with Crippen molar-refractivity contribution < 1.29 is 13.9 Å². The largest absolute Gasteiger partial charge is 0.370 e. The van der Waals surface area contributed by atoms with Gasteiger partial charge in [-0.3, -0.25) is 4.79 Å². The molecule has 1 amide bonds. The molecule has 0 spiro atoms. The van der Waals surface area contributed by atoms with E-state index in [2.05, 4.69) is 15.5 Å². The van der Waals surface area contributed by atoms with Gasteiger partial charge in [0.15, 0.2) is 5.82 Å². The monoisotopic (exact) mass is 333 g/mol. The van der Waals surface area contributed by atoms with Gasteiger partial charge in [-0.2, -0.15) is 0 Å². The Morgan fingerprint density at radius 1 is 1.38 bits per heavy atom. The van der Waals surface area contributed by atoms with Crippen LogP contribution < -0.4 is 0 Å². The first kappa shape index (κ1) is 16.5. The second kappa shape index (κ2) is 7.04. The molecule has 2 heterocycles. The highest BCUT2D eigenvalue weighted by Crippen LogP contribution is 2.22. The SMILES string of the molecule is CC(C)c1nnnn1CC(=O)N1CCOC(c2ccc(F)cc2)C1. The van der Waals surface area contributed by atoms with E-state index in [9.17, 15) is 9.18 Å². The number of carbonyl (C=O) groups is 1. The van der Waals surface area contributed by atoms with Gasteiger partial charge in [0.25, 0.3) is 0 Å². The summed E-state index contributed by atoms with van der Waals surface area (Å²) in [7, 11) is 0. The zero-order valence-corrected chi connectivity index (χ0v) is 13.7. The summed E-state index contributed by atoms with van der Waals surface area (Å²) in [5, 5.41) is 11.5. The third-order valence-electron chi connectivity index (χ3n) is 4.02. The Morgan fingerprint density at radius 2 is 2.12 bits per heavy atom. The van der Waals surface area contributed by atoms with E-state index in [4.69, 9.17) is 4.74 Å². The average molecular weight is 333 g/mol. The molecule has 1 aliphatic rings. The summed E-state index contributed by atoms with van der Waals surface area (Å²) >= 11 is 0. The molecular weight excluding hydrogens is 313 g/mol. The molecule has 1 aliphatic heterocycles. The van der Waals surface area contributed by atoms with E-state index in [1.165, 1.54) is 16.8 Å². The molecule has 1 saturated heterocycles. The zero-order chi connectivity index (χ0) is 17.1. The van der Waals surface area contributed by atoms with Crippen LogP contribution in [0.25, 0.3) is 0 Å². The molecule has 24 heavy (non-hydrogen) atoms. The molecule has 0 radical (unpaired) electrons. The molecule has 3 rings (SSSR count). The fourth-order valence-corrected chi connectivity index (χ4v) is 2.72. The van der Waals surface area contributed by atoms with E-state index in [-0.39, 0.29) is 30.3 Å². The van der Waals surface area contributed by atoms with Crippen LogP contribution in [0.5, 0.6) is 0 Å². The maximum absolute atomic E-state index is 13.0. The molecule has 1 unspecified atom stereocenters.